The predicted octanol–water partition coefficient (Wildman–Crippen LogP) is -0.395. The largest absolute Gasteiger partial charge is 0.389 e. The van der Waals surface area contributed by atoms with E-state index >= 15 is 0 Å². The lowest BCUT2D eigenvalue weighted by Crippen LogP contribution is -2.38. The van der Waals surface area contributed by atoms with Crippen LogP contribution in [-0.2, 0) is 0 Å². The van der Waals surface area contributed by atoms with Gasteiger partial charge in [-0.3, -0.25) is 4.90 Å². The van der Waals surface area contributed by atoms with E-state index in [9.17, 15) is 5.11 Å². The molecule has 0 bridgehead atoms. The molecule has 0 unspecified atom stereocenters. The molecule has 3 heteroatoms. The van der Waals surface area contributed by atoms with Gasteiger partial charge in [0.1, 0.15) is 0 Å². The minimum Gasteiger partial charge on any atom is -0.389 e. The second-order valence-electron chi connectivity index (χ2n) is 3.01. The van der Waals surface area contributed by atoms with Gasteiger partial charge in [-0.15, -0.1) is 0 Å². The van der Waals surface area contributed by atoms with Gasteiger partial charge in [0.15, 0.2) is 0 Å². The Morgan fingerprint density at radius 1 is 1.56 bits per heavy atom. The van der Waals surface area contributed by atoms with Crippen molar-refractivity contribution < 1.29 is 5.11 Å². The van der Waals surface area contributed by atoms with Crippen LogP contribution >= 0.6 is 0 Å². The minimum atomic E-state index is -0.631. The van der Waals surface area contributed by atoms with Gasteiger partial charge in [-0.05, 0) is 20.9 Å². The smallest absolute Gasteiger partial charge is 0.0718 e. The molecule has 0 aromatic carbocycles. The highest BCUT2D eigenvalue weighted by Gasteiger charge is 2.13. The van der Waals surface area contributed by atoms with Gasteiger partial charge in [-0.1, -0.05) is 0 Å². The Morgan fingerprint density at radius 3 is 2.11 bits per heavy atom. The Hall–Kier alpha value is -0.120. The number of likely N-dealkylation sites (N-methyl/N-ethyl adjacent to an activating group) is 1. The Bertz CT molecular complexity index is 77.6. The van der Waals surface area contributed by atoms with Crippen LogP contribution in [-0.4, -0.2) is 35.9 Å². The first-order valence-corrected chi connectivity index (χ1v) is 3.07. The molecule has 0 saturated heterocycles. The maximum Gasteiger partial charge on any atom is 0.0718 e. The molecule has 0 spiro atoms. The maximum atomic E-state index is 9.22. The van der Waals surface area contributed by atoms with E-state index in [4.69, 9.17) is 5.73 Å². The van der Waals surface area contributed by atoms with Gasteiger partial charge in [-0.2, -0.15) is 0 Å². The average Bonchev–Trinajstić information content (AvgIpc) is 1.62. The molecule has 0 rings (SSSR count). The van der Waals surface area contributed by atoms with Gasteiger partial charge in [0.2, 0.25) is 0 Å². The highest BCUT2D eigenvalue weighted by molar-refractivity contribution is 4.68. The number of aliphatic hydroxyl groups is 1. The van der Waals surface area contributed by atoms with Crippen molar-refractivity contribution in [2.24, 2.45) is 5.73 Å². The number of nitrogens with two attached hydrogens (primary N) is 1. The van der Waals surface area contributed by atoms with Crippen molar-refractivity contribution in [1.29, 1.82) is 0 Å². The molecule has 0 amide bonds. The molecule has 56 valence electrons. The van der Waals surface area contributed by atoms with E-state index < -0.39 is 5.60 Å². The molecule has 0 fully saturated rings. The van der Waals surface area contributed by atoms with Crippen LogP contribution in [0.3, 0.4) is 0 Å². The number of hydrogen-bond acceptors (Lipinski definition) is 3. The summed E-state index contributed by atoms with van der Waals surface area (Å²) in [6, 6.07) is 0. The van der Waals surface area contributed by atoms with Crippen LogP contribution in [0, 0.1) is 0 Å². The number of rotatable bonds is 3. The van der Waals surface area contributed by atoms with Crippen molar-refractivity contribution in [3.8, 4) is 0 Å². The molecule has 0 aliphatic rings. The van der Waals surface area contributed by atoms with Crippen molar-refractivity contribution in [2.75, 3.05) is 20.3 Å². The molecule has 0 aliphatic heterocycles. The lowest BCUT2D eigenvalue weighted by atomic mass is 10.1. The fourth-order valence-electron chi connectivity index (χ4n) is 0.725. The molecule has 0 saturated carbocycles. The van der Waals surface area contributed by atoms with Crippen molar-refractivity contribution in [3.05, 3.63) is 0 Å². The monoisotopic (exact) mass is 132 g/mol. The van der Waals surface area contributed by atoms with Crippen molar-refractivity contribution in [2.45, 2.75) is 19.4 Å². The van der Waals surface area contributed by atoms with E-state index in [-0.39, 0.29) is 0 Å². The van der Waals surface area contributed by atoms with Crippen LogP contribution in [0.1, 0.15) is 13.8 Å². The van der Waals surface area contributed by atoms with Crippen molar-refractivity contribution >= 4 is 0 Å². The van der Waals surface area contributed by atoms with E-state index in [0.717, 1.165) is 0 Å². The summed E-state index contributed by atoms with van der Waals surface area (Å²) in [4.78, 5) is 1.86. The van der Waals surface area contributed by atoms with Crippen LogP contribution in [0.4, 0.5) is 0 Å². The first-order chi connectivity index (χ1) is 3.95. The zero-order chi connectivity index (χ0) is 7.49. The molecule has 9 heavy (non-hydrogen) atoms. The van der Waals surface area contributed by atoms with Crippen LogP contribution in [0.5, 0.6) is 0 Å². The lowest BCUT2D eigenvalue weighted by molar-refractivity contribution is 0.0454. The van der Waals surface area contributed by atoms with E-state index in [1.165, 1.54) is 0 Å². The quantitative estimate of drug-likeness (QED) is 0.514. The highest BCUT2D eigenvalue weighted by atomic mass is 16.3. The summed E-state index contributed by atoms with van der Waals surface area (Å²) in [5, 5.41) is 9.22. The molecule has 0 aromatic rings. The summed E-state index contributed by atoms with van der Waals surface area (Å²) in [6.07, 6.45) is 0. The van der Waals surface area contributed by atoms with Crippen LogP contribution in [0.2, 0.25) is 0 Å². The summed E-state index contributed by atoms with van der Waals surface area (Å²) < 4.78 is 0. The molecule has 0 aliphatic carbocycles. The standard InChI is InChI=1S/C6H16N2O/c1-6(2,9)4-8(3)5-7/h9H,4-5,7H2,1-3H3. The minimum absolute atomic E-state index is 0.490. The average molecular weight is 132 g/mol. The zero-order valence-corrected chi connectivity index (χ0v) is 6.39. The van der Waals surface area contributed by atoms with Gasteiger partial charge >= 0.3 is 0 Å². The van der Waals surface area contributed by atoms with Crippen LogP contribution in [0.15, 0.2) is 0 Å². The van der Waals surface area contributed by atoms with Gasteiger partial charge in [0, 0.05) is 13.2 Å². The normalized spacial score (nSPS) is 12.7. The molecular formula is C6H16N2O. The third kappa shape index (κ3) is 5.76. The molecule has 3 N–H and O–H groups in total. The lowest BCUT2D eigenvalue weighted by Gasteiger charge is -2.23. The van der Waals surface area contributed by atoms with Crippen LogP contribution < -0.4 is 5.73 Å². The topological polar surface area (TPSA) is 49.5 Å². The molecule has 0 heterocycles. The second kappa shape index (κ2) is 3.15. The molecule has 0 atom stereocenters. The molecule has 3 nitrogen and oxygen atoms in total. The SMILES string of the molecule is CN(CN)CC(C)(C)O. The van der Waals surface area contributed by atoms with Gasteiger partial charge in [-0.25, -0.2) is 0 Å². The van der Waals surface area contributed by atoms with Crippen LogP contribution in [0.25, 0.3) is 0 Å². The fourth-order valence-corrected chi connectivity index (χ4v) is 0.725. The summed E-state index contributed by atoms with van der Waals surface area (Å²) in [7, 11) is 1.87. The van der Waals surface area contributed by atoms with E-state index in [1.807, 2.05) is 11.9 Å². The third-order valence-electron chi connectivity index (χ3n) is 0.969. The number of nitrogens with zero attached hydrogens (tertiary/aromatic N) is 1. The molecule has 0 aromatic heterocycles. The fraction of sp³-hybridized carbons (Fsp3) is 1.00. The van der Waals surface area contributed by atoms with E-state index in [0.29, 0.717) is 13.2 Å². The third-order valence-corrected chi connectivity index (χ3v) is 0.969. The molecular weight excluding hydrogens is 116 g/mol. The van der Waals surface area contributed by atoms with Gasteiger partial charge in [0.05, 0.1) is 5.60 Å². The van der Waals surface area contributed by atoms with E-state index in [2.05, 4.69) is 0 Å². The summed E-state index contributed by atoms with van der Waals surface area (Å²) in [5.41, 5.74) is 4.66. The zero-order valence-electron chi connectivity index (χ0n) is 6.39. The van der Waals surface area contributed by atoms with Gasteiger partial charge in [0.25, 0.3) is 0 Å². The second-order valence-corrected chi connectivity index (χ2v) is 3.01. The first kappa shape index (κ1) is 8.88. The Kier molecular flexibility index (Phi) is 3.11. The summed E-state index contributed by atoms with van der Waals surface area (Å²) >= 11 is 0. The summed E-state index contributed by atoms with van der Waals surface area (Å²) in [6.45, 7) is 4.63. The van der Waals surface area contributed by atoms with Crippen molar-refractivity contribution in [1.82, 2.24) is 4.90 Å². The first-order valence-electron chi connectivity index (χ1n) is 3.07. The van der Waals surface area contributed by atoms with Crippen molar-refractivity contribution in [3.63, 3.8) is 0 Å². The Morgan fingerprint density at radius 2 is 2.00 bits per heavy atom. The highest BCUT2D eigenvalue weighted by Crippen LogP contribution is 2.00. The predicted molar refractivity (Wildman–Crippen MR) is 38.0 cm³/mol. The Balaban J connectivity index is 3.47. The maximum absolute atomic E-state index is 9.22. The molecule has 0 radical (unpaired) electrons. The van der Waals surface area contributed by atoms with E-state index in [1.54, 1.807) is 13.8 Å². The Labute approximate surface area is 56.5 Å². The summed E-state index contributed by atoms with van der Waals surface area (Å²) in [5.74, 6) is 0. The van der Waals surface area contributed by atoms with Gasteiger partial charge < -0.3 is 10.8 Å². The number of hydrogen-bond donors (Lipinski definition) is 2.